The van der Waals surface area contributed by atoms with Gasteiger partial charge in [-0.25, -0.2) is 19.2 Å². The first kappa shape index (κ1) is 20.0. The van der Waals surface area contributed by atoms with Crippen LogP contribution in [-0.4, -0.2) is 35.5 Å². The zero-order valence-corrected chi connectivity index (χ0v) is 17.6. The molecule has 0 bridgehead atoms. The van der Waals surface area contributed by atoms with Crippen LogP contribution in [0.25, 0.3) is 28.1 Å². The van der Waals surface area contributed by atoms with Gasteiger partial charge >= 0.3 is 6.18 Å². The first-order valence-corrected chi connectivity index (χ1v) is 10.5. The maximum atomic E-state index is 14.0. The van der Waals surface area contributed by atoms with Gasteiger partial charge in [0.05, 0.1) is 11.6 Å². The monoisotopic (exact) mass is 469 g/mol. The topological polar surface area (TPSA) is 72.9 Å². The lowest BCUT2D eigenvalue weighted by Gasteiger charge is -2.33. The summed E-state index contributed by atoms with van der Waals surface area (Å²) in [6, 6.07) is 13.4. The van der Waals surface area contributed by atoms with E-state index >= 15 is 0 Å². The van der Waals surface area contributed by atoms with Crippen LogP contribution in [0.4, 0.5) is 19.0 Å². The average Bonchev–Trinajstić information content (AvgIpc) is 3.42. The van der Waals surface area contributed by atoms with Gasteiger partial charge < -0.3 is 5.32 Å². The van der Waals surface area contributed by atoms with E-state index in [0.717, 1.165) is 15.6 Å². The zero-order valence-electron chi connectivity index (χ0n) is 16.8. The van der Waals surface area contributed by atoms with Gasteiger partial charge in [0.2, 0.25) is 5.82 Å². The number of aromatic nitrogens is 6. The number of fused-ring (bicyclic) bond motifs is 4. The molecule has 7 nitrogen and oxygen atoms in total. The molecule has 11 heteroatoms. The molecule has 3 aromatic heterocycles. The SMILES string of the molecule is FC(F)(F)[C@H]1C[C@@H](c2ccc(Cl)cc2)Nc2cc(-c3nc4c5ccccc5ncn4n3)nn21. The summed E-state index contributed by atoms with van der Waals surface area (Å²) < 4.78 is 44.4. The van der Waals surface area contributed by atoms with Crippen molar-refractivity contribution in [2.45, 2.75) is 24.7 Å². The molecule has 1 aliphatic rings. The summed E-state index contributed by atoms with van der Waals surface area (Å²) in [7, 11) is 0. The van der Waals surface area contributed by atoms with Crippen LogP contribution >= 0.6 is 11.6 Å². The van der Waals surface area contributed by atoms with Crippen molar-refractivity contribution < 1.29 is 13.2 Å². The molecule has 6 rings (SSSR count). The van der Waals surface area contributed by atoms with E-state index in [1.807, 2.05) is 24.3 Å². The van der Waals surface area contributed by atoms with Crippen LogP contribution < -0.4 is 5.32 Å². The van der Waals surface area contributed by atoms with Crippen molar-refractivity contribution in [1.29, 1.82) is 0 Å². The highest BCUT2D eigenvalue weighted by molar-refractivity contribution is 6.30. The van der Waals surface area contributed by atoms with Gasteiger partial charge in [0, 0.05) is 22.9 Å². The smallest absolute Gasteiger partial charge is 0.363 e. The fraction of sp³-hybridized carbons (Fsp3) is 0.182. The second-order valence-electron chi connectivity index (χ2n) is 7.87. The van der Waals surface area contributed by atoms with Crippen molar-refractivity contribution in [3.63, 3.8) is 0 Å². The van der Waals surface area contributed by atoms with Crippen molar-refractivity contribution in [3.05, 3.63) is 71.5 Å². The number of nitrogens with one attached hydrogen (secondary N) is 1. The summed E-state index contributed by atoms with van der Waals surface area (Å²) >= 11 is 5.94. The molecule has 4 heterocycles. The molecule has 0 saturated heterocycles. The average molecular weight is 470 g/mol. The molecule has 2 aromatic carbocycles. The Morgan fingerprint density at radius 1 is 1.03 bits per heavy atom. The van der Waals surface area contributed by atoms with Crippen LogP contribution in [0.15, 0.2) is 60.9 Å². The summed E-state index contributed by atoms with van der Waals surface area (Å²) in [5.41, 5.74) is 2.26. The van der Waals surface area contributed by atoms with E-state index < -0.39 is 18.3 Å². The molecule has 0 amide bonds. The second-order valence-corrected chi connectivity index (χ2v) is 8.30. The predicted molar refractivity (Wildman–Crippen MR) is 117 cm³/mol. The molecule has 2 atom stereocenters. The summed E-state index contributed by atoms with van der Waals surface area (Å²) in [6.45, 7) is 0. The lowest BCUT2D eigenvalue weighted by molar-refractivity contribution is -0.173. The van der Waals surface area contributed by atoms with Crippen LogP contribution in [0.5, 0.6) is 0 Å². The van der Waals surface area contributed by atoms with Gasteiger partial charge in [-0.2, -0.15) is 18.3 Å². The molecule has 0 radical (unpaired) electrons. The molecule has 166 valence electrons. The minimum atomic E-state index is -4.47. The Balaban J connectivity index is 1.44. The molecule has 1 aliphatic heterocycles. The normalized spacial score (nSPS) is 18.4. The number of hydrogen-bond donors (Lipinski definition) is 1. The molecule has 0 saturated carbocycles. The number of anilines is 1. The minimum absolute atomic E-state index is 0.202. The number of benzene rings is 2. The third kappa shape index (κ3) is 3.37. The molecule has 33 heavy (non-hydrogen) atoms. The Labute approximate surface area is 189 Å². The highest BCUT2D eigenvalue weighted by atomic mass is 35.5. The van der Waals surface area contributed by atoms with E-state index in [1.54, 1.807) is 30.3 Å². The number of halogens is 4. The Bertz CT molecular complexity index is 1490. The maximum Gasteiger partial charge on any atom is 0.410 e. The van der Waals surface area contributed by atoms with Gasteiger partial charge in [-0.05, 0) is 29.8 Å². The van der Waals surface area contributed by atoms with E-state index in [0.29, 0.717) is 16.2 Å². The molecular weight excluding hydrogens is 455 g/mol. The standard InChI is InChI=1S/C22H15ClF3N7/c23-13-7-5-12(6-8-13)16-9-18(22(24,25)26)33-19(28-16)10-17(30-33)20-29-21-14-3-1-2-4-15(14)27-11-32(21)31-20/h1-8,10-11,16,18,28H,9H2/t16-,18+/m0/s1. The van der Waals surface area contributed by atoms with E-state index in [9.17, 15) is 13.2 Å². The molecule has 5 aromatic rings. The Morgan fingerprint density at radius 2 is 1.82 bits per heavy atom. The Morgan fingerprint density at radius 3 is 2.61 bits per heavy atom. The van der Waals surface area contributed by atoms with Crippen LogP contribution in [0, 0.1) is 0 Å². The minimum Gasteiger partial charge on any atom is -0.363 e. The van der Waals surface area contributed by atoms with E-state index in [4.69, 9.17) is 11.6 Å². The van der Waals surface area contributed by atoms with Crippen molar-refractivity contribution in [1.82, 2.24) is 29.4 Å². The molecule has 0 unspecified atom stereocenters. The number of nitrogens with zero attached hydrogens (tertiary/aromatic N) is 6. The van der Waals surface area contributed by atoms with Gasteiger partial charge in [0.15, 0.2) is 11.7 Å². The number of rotatable bonds is 2. The van der Waals surface area contributed by atoms with E-state index in [2.05, 4.69) is 25.5 Å². The maximum absolute atomic E-state index is 14.0. The van der Waals surface area contributed by atoms with Crippen molar-refractivity contribution in [2.75, 3.05) is 5.32 Å². The van der Waals surface area contributed by atoms with Crippen molar-refractivity contribution in [3.8, 4) is 11.5 Å². The third-order valence-corrected chi connectivity index (χ3v) is 6.03. The van der Waals surface area contributed by atoms with Crippen molar-refractivity contribution in [2.24, 2.45) is 0 Å². The van der Waals surface area contributed by atoms with Gasteiger partial charge in [-0.1, -0.05) is 35.9 Å². The summed E-state index contributed by atoms with van der Waals surface area (Å²) in [5, 5.41) is 13.1. The summed E-state index contributed by atoms with van der Waals surface area (Å²) in [4.78, 5) is 8.88. The third-order valence-electron chi connectivity index (χ3n) is 5.77. The number of alkyl halides is 3. The van der Waals surface area contributed by atoms with Crippen LogP contribution in [-0.2, 0) is 0 Å². The van der Waals surface area contributed by atoms with E-state index in [1.165, 1.54) is 10.8 Å². The summed E-state index contributed by atoms with van der Waals surface area (Å²) in [6.07, 6.45) is -3.15. The first-order valence-electron chi connectivity index (χ1n) is 10.2. The molecule has 0 aliphatic carbocycles. The molecule has 0 spiro atoms. The molecule has 1 N–H and O–H groups in total. The Kier molecular flexibility index (Phi) is 4.34. The highest BCUT2D eigenvalue weighted by Gasteiger charge is 2.46. The van der Waals surface area contributed by atoms with Crippen molar-refractivity contribution >= 4 is 34.0 Å². The second kappa shape index (κ2) is 7.17. The lowest BCUT2D eigenvalue weighted by Crippen LogP contribution is -2.35. The zero-order chi connectivity index (χ0) is 22.7. The van der Waals surface area contributed by atoms with Gasteiger partial charge in [0.1, 0.15) is 17.8 Å². The number of hydrogen-bond acceptors (Lipinski definition) is 5. The van der Waals surface area contributed by atoms with Gasteiger partial charge in [0.25, 0.3) is 0 Å². The lowest BCUT2D eigenvalue weighted by atomic mass is 9.97. The fourth-order valence-electron chi connectivity index (χ4n) is 4.18. The Hall–Kier alpha value is -3.66. The number of para-hydroxylation sites is 1. The quantitative estimate of drug-likeness (QED) is 0.372. The van der Waals surface area contributed by atoms with Crippen LogP contribution in [0.1, 0.15) is 24.1 Å². The van der Waals surface area contributed by atoms with E-state index in [-0.39, 0.29) is 23.8 Å². The molecular formula is C22H15ClF3N7. The van der Waals surface area contributed by atoms with Gasteiger partial charge in [-0.3, -0.25) is 0 Å². The predicted octanol–water partition coefficient (Wildman–Crippen LogP) is 5.45. The van der Waals surface area contributed by atoms with Gasteiger partial charge in [-0.15, -0.1) is 5.10 Å². The summed E-state index contributed by atoms with van der Waals surface area (Å²) in [5.74, 6) is 0.473. The van der Waals surface area contributed by atoms with Crippen LogP contribution in [0.2, 0.25) is 5.02 Å². The fourth-order valence-corrected chi connectivity index (χ4v) is 4.31. The largest absolute Gasteiger partial charge is 0.410 e. The van der Waals surface area contributed by atoms with Crippen LogP contribution in [0.3, 0.4) is 0 Å². The molecule has 0 fully saturated rings. The highest BCUT2D eigenvalue weighted by Crippen LogP contribution is 2.44. The first-order chi connectivity index (χ1) is 15.9.